The zero-order valence-electron chi connectivity index (χ0n) is 9.36. The fourth-order valence-corrected chi connectivity index (χ4v) is 2.66. The molecule has 1 aliphatic rings. The summed E-state index contributed by atoms with van der Waals surface area (Å²) < 4.78 is 5.45. The quantitative estimate of drug-likeness (QED) is 0.790. The number of hydrogen-bond acceptors (Lipinski definition) is 2. The first-order chi connectivity index (χ1) is 7.81. The minimum absolute atomic E-state index is 0.175. The van der Waals surface area contributed by atoms with Crippen LogP contribution >= 0.6 is 0 Å². The molecule has 2 heteroatoms. The summed E-state index contributed by atoms with van der Waals surface area (Å²) in [6.07, 6.45) is 2.13. The summed E-state index contributed by atoms with van der Waals surface area (Å²) in [5, 5.41) is 2.49. The number of fused-ring (bicyclic) bond motifs is 3. The van der Waals surface area contributed by atoms with E-state index >= 15 is 0 Å². The predicted octanol–water partition coefficient (Wildman–Crippen LogP) is 2.79. The smallest absolute Gasteiger partial charge is 0.127 e. The van der Waals surface area contributed by atoms with Gasteiger partial charge in [0.05, 0.1) is 7.11 Å². The molecule has 82 valence electrons. The Bertz CT molecular complexity index is 548. The summed E-state index contributed by atoms with van der Waals surface area (Å²) in [5.41, 5.74) is 8.77. The fraction of sp³-hybridized carbons (Fsp3) is 0.286. The predicted molar refractivity (Wildman–Crippen MR) is 65.7 cm³/mol. The highest BCUT2D eigenvalue weighted by Gasteiger charge is 2.22. The van der Waals surface area contributed by atoms with Gasteiger partial charge in [-0.15, -0.1) is 0 Å². The molecule has 2 N–H and O–H groups in total. The van der Waals surface area contributed by atoms with Gasteiger partial charge in [0, 0.05) is 11.4 Å². The Morgan fingerprint density at radius 3 is 2.75 bits per heavy atom. The molecule has 0 fully saturated rings. The summed E-state index contributed by atoms with van der Waals surface area (Å²) in [6.45, 7) is 0. The molecule has 0 amide bonds. The van der Waals surface area contributed by atoms with Crippen LogP contribution in [0.15, 0.2) is 30.3 Å². The van der Waals surface area contributed by atoms with E-state index in [1.807, 2.05) is 6.07 Å². The molecule has 1 atom stereocenters. The minimum Gasteiger partial charge on any atom is -0.496 e. The van der Waals surface area contributed by atoms with Crippen LogP contribution in [-0.4, -0.2) is 7.11 Å². The number of ether oxygens (including phenoxy) is 1. The van der Waals surface area contributed by atoms with E-state index in [4.69, 9.17) is 10.5 Å². The summed E-state index contributed by atoms with van der Waals surface area (Å²) in [7, 11) is 1.72. The van der Waals surface area contributed by atoms with Gasteiger partial charge in [0.15, 0.2) is 0 Å². The lowest BCUT2D eigenvalue weighted by Crippen LogP contribution is -2.05. The van der Waals surface area contributed by atoms with Crippen molar-refractivity contribution in [1.29, 1.82) is 0 Å². The third-order valence-electron chi connectivity index (χ3n) is 3.48. The van der Waals surface area contributed by atoms with Gasteiger partial charge >= 0.3 is 0 Å². The molecule has 0 heterocycles. The largest absolute Gasteiger partial charge is 0.496 e. The Kier molecular flexibility index (Phi) is 2.11. The molecule has 2 aromatic carbocycles. The molecule has 1 unspecified atom stereocenters. The first-order valence-electron chi connectivity index (χ1n) is 5.65. The van der Waals surface area contributed by atoms with Crippen LogP contribution in [0.3, 0.4) is 0 Å². The maximum absolute atomic E-state index is 6.11. The Balaban J connectivity index is 2.39. The van der Waals surface area contributed by atoms with Crippen LogP contribution in [0.25, 0.3) is 10.8 Å². The lowest BCUT2D eigenvalue weighted by atomic mass is 9.99. The molecule has 0 saturated heterocycles. The molecule has 0 aliphatic heterocycles. The SMILES string of the molecule is COc1cc2c(c3ccccc13)CCC2N. The number of aryl methyl sites for hydroxylation is 1. The van der Waals surface area contributed by atoms with Crippen LogP contribution < -0.4 is 10.5 Å². The molecule has 2 nitrogen and oxygen atoms in total. The Hall–Kier alpha value is -1.54. The van der Waals surface area contributed by atoms with E-state index in [-0.39, 0.29) is 6.04 Å². The number of nitrogens with two attached hydrogens (primary N) is 1. The Labute approximate surface area is 95.0 Å². The van der Waals surface area contributed by atoms with Gasteiger partial charge in [-0.3, -0.25) is 0 Å². The normalized spacial score (nSPS) is 18.8. The van der Waals surface area contributed by atoms with Crippen LogP contribution in [0.1, 0.15) is 23.6 Å². The van der Waals surface area contributed by atoms with Crippen LogP contribution in [0.5, 0.6) is 5.75 Å². The van der Waals surface area contributed by atoms with Gasteiger partial charge in [0.2, 0.25) is 0 Å². The second-order valence-corrected chi connectivity index (χ2v) is 4.34. The number of methoxy groups -OCH3 is 1. The zero-order chi connectivity index (χ0) is 11.1. The monoisotopic (exact) mass is 213 g/mol. The molecule has 16 heavy (non-hydrogen) atoms. The lowest BCUT2D eigenvalue weighted by Gasteiger charge is -2.12. The molecule has 2 aromatic rings. The van der Waals surface area contributed by atoms with E-state index in [1.165, 1.54) is 21.9 Å². The van der Waals surface area contributed by atoms with Crippen LogP contribution in [0.2, 0.25) is 0 Å². The van der Waals surface area contributed by atoms with Gasteiger partial charge in [0.25, 0.3) is 0 Å². The summed E-state index contributed by atoms with van der Waals surface area (Å²) in [6, 6.07) is 10.7. The van der Waals surface area contributed by atoms with Crippen LogP contribution in [0.4, 0.5) is 0 Å². The molecule has 0 spiro atoms. The minimum atomic E-state index is 0.175. The maximum Gasteiger partial charge on any atom is 0.127 e. The second-order valence-electron chi connectivity index (χ2n) is 4.34. The van der Waals surface area contributed by atoms with E-state index in [0.29, 0.717) is 0 Å². The molecule has 3 rings (SSSR count). The molecule has 0 bridgehead atoms. The third kappa shape index (κ3) is 1.23. The number of benzene rings is 2. The van der Waals surface area contributed by atoms with Crippen molar-refractivity contribution in [2.45, 2.75) is 18.9 Å². The van der Waals surface area contributed by atoms with Gasteiger partial charge in [-0.1, -0.05) is 24.3 Å². The highest BCUT2D eigenvalue weighted by Crippen LogP contribution is 2.39. The van der Waals surface area contributed by atoms with Crippen molar-refractivity contribution in [3.8, 4) is 5.75 Å². The zero-order valence-corrected chi connectivity index (χ0v) is 9.36. The van der Waals surface area contributed by atoms with Crippen LogP contribution in [0, 0.1) is 0 Å². The summed E-state index contributed by atoms with van der Waals surface area (Å²) >= 11 is 0. The van der Waals surface area contributed by atoms with Crippen molar-refractivity contribution in [1.82, 2.24) is 0 Å². The third-order valence-corrected chi connectivity index (χ3v) is 3.48. The molecule has 0 saturated carbocycles. The standard InChI is InChI=1S/C14H15NO/c1-16-14-8-12-10(6-7-13(12)15)9-4-2-3-5-11(9)14/h2-5,8,13H,6-7,15H2,1H3. The van der Waals surface area contributed by atoms with Gasteiger partial charge in [-0.2, -0.15) is 0 Å². The average molecular weight is 213 g/mol. The maximum atomic E-state index is 6.11. The molecule has 0 aromatic heterocycles. The van der Waals surface area contributed by atoms with Crippen molar-refractivity contribution in [2.75, 3.05) is 7.11 Å². The first-order valence-corrected chi connectivity index (χ1v) is 5.65. The van der Waals surface area contributed by atoms with E-state index in [0.717, 1.165) is 18.6 Å². The highest BCUT2D eigenvalue weighted by atomic mass is 16.5. The van der Waals surface area contributed by atoms with Gasteiger partial charge in [0.1, 0.15) is 5.75 Å². The van der Waals surface area contributed by atoms with Gasteiger partial charge in [-0.25, -0.2) is 0 Å². The van der Waals surface area contributed by atoms with Crippen molar-refractivity contribution >= 4 is 10.8 Å². The van der Waals surface area contributed by atoms with E-state index in [2.05, 4.69) is 24.3 Å². The molecular formula is C14H15NO. The Morgan fingerprint density at radius 2 is 2.00 bits per heavy atom. The topological polar surface area (TPSA) is 35.2 Å². The van der Waals surface area contributed by atoms with Crippen molar-refractivity contribution in [2.24, 2.45) is 5.73 Å². The van der Waals surface area contributed by atoms with Gasteiger partial charge in [-0.05, 0) is 35.4 Å². The molecule has 1 aliphatic carbocycles. The van der Waals surface area contributed by atoms with Gasteiger partial charge < -0.3 is 10.5 Å². The highest BCUT2D eigenvalue weighted by molar-refractivity contribution is 5.92. The second kappa shape index (κ2) is 3.49. The van der Waals surface area contributed by atoms with E-state index in [1.54, 1.807) is 7.11 Å². The summed E-state index contributed by atoms with van der Waals surface area (Å²) in [4.78, 5) is 0. The molecule has 0 radical (unpaired) electrons. The lowest BCUT2D eigenvalue weighted by molar-refractivity contribution is 0.419. The van der Waals surface area contributed by atoms with Crippen LogP contribution in [-0.2, 0) is 6.42 Å². The fourth-order valence-electron chi connectivity index (χ4n) is 2.66. The van der Waals surface area contributed by atoms with Crippen molar-refractivity contribution < 1.29 is 4.74 Å². The number of hydrogen-bond donors (Lipinski definition) is 1. The van der Waals surface area contributed by atoms with Crippen molar-refractivity contribution in [3.05, 3.63) is 41.5 Å². The van der Waals surface area contributed by atoms with E-state index < -0.39 is 0 Å². The first kappa shape index (κ1) is 9.67. The van der Waals surface area contributed by atoms with Crippen molar-refractivity contribution in [3.63, 3.8) is 0 Å². The number of rotatable bonds is 1. The average Bonchev–Trinajstić information content (AvgIpc) is 2.70. The Morgan fingerprint density at radius 1 is 1.25 bits per heavy atom. The van der Waals surface area contributed by atoms with E-state index in [9.17, 15) is 0 Å². The summed E-state index contributed by atoms with van der Waals surface area (Å²) in [5.74, 6) is 0.937. The molecular weight excluding hydrogens is 198 g/mol.